The molecular formula is C90H93BrCl2FN21O6S2. The number of anilines is 1. The van der Waals surface area contributed by atoms with Crippen molar-refractivity contribution in [3.05, 3.63) is 270 Å². The fourth-order valence-electron chi connectivity index (χ4n) is 15.3. The minimum atomic E-state index is -1.36. The summed E-state index contributed by atoms with van der Waals surface area (Å²) < 4.78 is 16.2. The molecular weight excluding hydrogens is 1710 g/mol. The Morgan fingerprint density at radius 2 is 1.19 bits per heavy atom. The van der Waals surface area contributed by atoms with Gasteiger partial charge in [0.1, 0.15) is 23.0 Å². The van der Waals surface area contributed by atoms with Crippen molar-refractivity contribution >= 4 is 133 Å². The maximum atomic E-state index is 13.9. The summed E-state index contributed by atoms with van der Waals surface area (Å²) >= 11 is 18.7. The normalized spacial score (nSPS) is 21.7. The number of carbonyl (C=O) groups excluding carboxylic acids is 6. The number of nitrogens with zero attached hydrogens (tertiary/aromatic N) is 14. The quantitative estimate of drug-likeness (QED) is 0.0497. The molecule has 5 aliphatic heterocycles. The number of hydrogen-bond donors (Lipinski definition) is 7. The molecule has 7 aromatic carbocycles. The van der Waals surface area contributed by atoms with E-state index >= 15 is 0 Å². The van der Waals surface area contributed by atoms with Crippen LogP contribution in [-0.2, 0) is 65.3 Å². The Morgan fingerprint density at radius 1 is 0.593 bits per heavy atom. The number of halogens is 4. The van der Waals surface area contributed by atoms with Crippen LogP contribution < -0.4 is 39.3 Å². The number of amides is 7. The van der Waals surface area contributed by atoms with Gasteiger partial charge in [0.15, 0.2) is 40.9 Å². The molecule has 7 amide bonds. The first-order valence-electron chi connectivity index (χ1n) is 39.0. The number of aliphatic imine (C=N–C) groups is 5. The molecule has 1 saturated carbocycles. The van der Waals surface area contributed by atoms with E-state index in [1.54, 1.807) is 131 Å². The highest BCUT2D eigenvalue weighted by Gasteiger charge is 2.53. The minimum Gasteiger partial charge on any atom is -0.369 e. The number of hydrogen-bond acceptors (Lipinski definition) is 21. The molecule has 10 aromatic rings. The highest BCUT2D eigenvalue weighted by Crippen LogP contribution is 2.51. The lowest BCUT2D eigenvalue weighted by atomic mass is 9.66. The van der Waals surface area contributed by atoms with Crippen LogP contribution >= 0.6 is 62.2 Å². The third-order valence-electron chi connectivity index (χ3n) is 22.6. The van der Waals surface area contributed by atoms with Crippen LogP contribution in [0.5, 0.6) is 0 Å². The maximum absolute atomic E-state index is 13.9. The van der Waals surface area contributed by atoms with E-state index in [0.717, 1.165) is 79.4 Å². The Labute approximate surface area is 739 Å². The van der Waals surface area contributed by atoms with E-state index in [0.29, 0.717) is 54.8 Å². The number of carbonyl (C=O) groups is 6. The molecule has 8 heterocycles. The highest BCUT2D eigenvalue weighted by molar-refractivity contribution is 9.10. The second-order valence-corrected chi connectivity index (χ2v) is 34.6. The third-order valence-corrected chi connectivity index (χ3v) is 25.4. The van der Waals surface area contributed by atoms with Gasteiger partial charge in [0.05, 0.1) is 41.2 Å². The van der Waals surface area contributed by atoms with Crippen LogP contribution in [0.1, 0.15) is 104 Å². The van der Waals surface area contributed by atoms with Crippen LogP contribution in [0.4, 0.5) is 14.9 Å². The molecule has 0 spiro atoms. The fourth-order valence-corrected chi connectivity index (χ4v) is 17.5. The second kappa shape index (κ2) is 37.0. The van der Waals surface area contributed by atoms with Crippen LogP contribution in [-0.4, -0.2) is 146 Å². The first-order chi connectivity index (χ1) is 58.4. The number of benzene rings is 7. The van der Waals surface area contributed by atoms with Gasteiger partial charge in [-0.3, -0.25) is 58.1 Å². The van der Waals surface area contributed by atoms with Crippen LogP contribution in [0.3, 0.4) is 0 Å². The number of thioether (sulfide) groups is 1. The van der Waals surface area contributed by atoms with Gasteiger partial charge in [-0.1, -0.05) is 143 Å². The van der Waals surface area contributed by atoms with Crippen molar-refractivity contribution in [3.8, 4) is 39.6 Å². The minimum absolute atomic E-state index is 0.000412. The molecule has 16 rings (SSSR count). The molecule has 6 aliphatic rings. The van der Waals surface area contributed by atoms with Crippen LogP contribution in [0, 0.1) is 29.0 Å². The topological polar surface area (TPSA) is 389 Å². The molecule has 2 unspecified atom stereocenters. The van der Waals surface area contributed by atoms with E-state index in [-0.39, 0.29) is 84.2 Å². The Balaban J connectivity index is 0.000000143. The number of thiophene rings is 1. The lowest BCUT2D eigenvalue weighted by Crippen LogP contribution is -2.56. The van der Waals surface area contributed by atoms with Crippen molar-refractivity contribution < 1.29 is 33.2 Å². The third kappa shape index (κ3) is 19.0. The first kappa shape index (κ1) is 89.7. The highest BCUT2D eigenvalue weighted by atomic mass is 79.9. The van der Waals surface area contributed by atoms with Gasteiger partial charge in [-0.15, -0.1) is 23.1 Å². The summed E-state index contributed by atoms with van der Waals surface area (Å²) in [6, 6.07) is 58.8. The number of pyridine rings is 1. The number of rotatable bonds is 14. The summed E-state index contributed by atoms with van der Waals surface area (Å²) in [6.07, 6.45) is 9.22. The van der Waals surface area contributed by atoms with E-state index in [1.165, 1.54) is 36.6 Å². The molecule has 12 N–H and O–H groups in total. The van der Waals surface area contributed by atoms with E-state index < -0.39 is 33.5 Å². The number of aromatic nitrogens is 3. The fraction of sp³-hybridized carbons (Fsp3) is 0.267. The number of guanidine groups is 5. The summed E-state index contributed by atoms with van der Waals surface area (Å²) in [5.41, 5.74) is 36.2. The predicted octanol–water partition coefficient (Wildman–Crippen LogP) is 14.0. The van der Waals surface area contributed by atoms with E-state index in [2.05, 4.69) is 74.8 Å². The Hall–Kier alpha value is -12.6. The van der Waals surface area contributed by atoms with Crippen molar-refractivity contribution in [3.63, 3.8) is 0 Å². The van der Waals surface area contributed by atoms with Crippen LogP contribution in [0.2, 0.25) is 10.0 Å². The molecule has 27 nitrogen and oxygen atoms in total. The number of urea groups is 1. The molecule has 0 bridgehead atoms. The molecule has 0 saturated heterocycles. The number of aryl methyl sites for hydroxylation is 1. The van der Waals surface area contributed by atoms with Crippen molar-refractivity contribution in [1.82, 2.24) is 44.6 Å². The molecule has 33 heteroatoms. The molecule has 123 heavy (non-hydrogen) atoms. The standard InChI is InChI=1S/C25H23Cl2N5O2.C20H21N5OS.C16H13BrFN3O.C16H19N5O.C13H17N3OS/c1-25(22(33)32(2)23(28)31-25)17-5-3-4-15(12-17)21-13-19(27)7-6-16(21)14-29-24(34)30-20-10-8-18(26)9-11-20;1-20(17(13-4-3-5-13)18(26)25(2)19(22)24-20)16-7-15(11-27-16)14-6-12(8-21)9-23-10-14;1-21-14(22)16(20-15(21)19,10-5-3-2-4-6-10)11-7-12(17)9-13(18)8-11;1-16(10-14(22)20(2)15(17)18-16)13-9-12(19-21(13)3)11-7-5-4-6-8-11;1-13(8-11(17)16(2)12(14)15-13)9-5-4-6-10(7-9)18-3/h3-13H,14H2,1-2H3,(H2,28,31)(H2,29,30,34);6-7,9-11,13,17H,3-5H2,1-2H3,(H2,22,24);2-9H,1H3,(H2,19,20);4-9H,10H2,1-3H3,(H2,17,18);4-7H,8H2,1-3H3,(H2,14,15)/t;17-,20-;;16-;13-/m.1.00/s1. The van der Waals surface area contributed by atoms with Gasteiger partial charge in [0, 0.05) is 102 Å². The Bertz CT molecular complexity index is 5930. The summed E-state index contributed by atoms with van der Waals surface area (Å²) in [5, 5.41) is 22.5. The average Bonchev–Trinajstić information content (AvgIpc) is 1.61. The van der Waals surface area contributed by atoms with Crippen molar-refractivity contribution in [1.29, 1.82) is 5.26 Å². The number of nitrogens with two attached hydrogens (primary N) is 5. The molecule has 1 fully saturated rings. The van der Waals surface area contributed by atoms with Crippen LogP contribution in [0.15, 0.2) is 240 Å². The maximum Gasteiger partial charge on any atom is 0.319 e. The van der Waals surface area contributed by atoms with Crippen molar-refractivity contribution in [2.24, 2.45) is 72.5 Å². The van der Waals surface area contributed by atoms with Gasteiger partial charge in [-0.2, -0.15) is 10.4 Å². The largest absolute Gasteiger partial charge is 0.369 e. The van der Waals surface area contributed by atoms with Gasteiger partial charge in [-0.25, -0.2) is 34.1 Å². The van der Waals surface area contributed by atoms with Gasteiger partial charge in [0.2, 0.25) is 17.7 Å². The van der Waals surface area contributed by atoms with E-state index in [9.17, 15) is 33.2 Å². The zero-order chi connectivity index (χ0) is 88.8. The van der Waals surface area contributed by atoms with Crippen molar-refractivity contribution in [2.45, 2.75) is 98.9 Å². The summed E-state index contributed by atoms with van der Waals surface area (Å²) in [7, 11) is 10.0. The SMILES string of the molecule is CN1C(=O)C(C)(c2cccc(-c3cc(Cl)ccc3CNC(=O)Nc3ccc(Cl)cc3)c2)N=C1N.CN1C(=O)C(c2ccccc2)(c2cc(F)cc(Br)c2)N=C1N.CN1C(=O)C[C@@](C)(c2cc(-c3ccccc3)nn2C)N=C1N.CN1C(=O)[C@@H](C2CCC2)[C@@](C)(c2cc(-c3cncc(C#N)c3)cs2)N=C1N.CSc1cccc([C@]2(C)CC(=O)N(C)C(N)=N2)c1. The Morgan fingerprint density at radius 3 is 1.80 bits per heavy atom. The number of nitriles is 1. The van der Waals surface area contributed by atoms with Crippen molar-refractivity contribution in [2.75, 3.05) is 46.8 Å². The summed E-state index contributed by atoms with van der Waals surface area (Å²) in [5.74, 6) is 0.264. The number of likely N-dealkylation sites (N-methyl/N-ethyl adjacent to an activating group) is 2. The average molecular weight is 1800 g/mol. The zero-order valence-corrected chi connectivity index (χ0v) is 74.2. The van der Waals surface area contributed by atoms with E-state index in [1.807, 2.05) is 155 Å². The summed E-state index contributed by atoms with van der Waals surface area (Å²) in [4.78, 5) is 111. The van der Waals surface area contributed by atoms with Gasteiger partial charge in [-0.05, 0) is 194 Å². The molecule has 0 radical (unpaired) electrons. The molecule has 634 valence electrons. The number of nitrogens with one attached hydrogen (secondary N) is 2. The predicted molar refractivity (Wildman–Crippen MR) is 486 cm³/mol. The van der Waals surface area contributed by atoms with Crippen LogP contribution in [0.25, 0.3) is 33.5 Å². The van der Waals surface area contributed by atoms with Gasteiger partial charge in [0.25, 0.3) is 11.8 Å². The molecule has 6 atom stereocenters. The first-order valence-corrected chi connectivity index (χ1v) is 42.6. The Kier molecular flexibility index (Phi) is 27.0. The summed E-state index contributed by atoms with van der Waals surface area (Å²) in [6.45, 7) is 7.89. The molecule has 1 aliphatic carbocycles. The monoisotopic (exact) mass is 1800 g/mol. The zero-order valence-electron chi connectivity index (χ0n) is 69.5. The lowest BCUT2D eigenvalue weighted by Gasteiger charge is -2.46. The smallest absolute Gasteiger partial charge is 0.319 e. The lowest BCUT2D eigenvalue weighted by molar-refractivity contribution is -0.138. The molecule has 3 aromatic heterocycles. The van der Waals surface area contributed by atoms with Gasteiger partial charge < -0.3 is 39.3 Å². The van der Waals surface area contributed by atoms with E-state index in [4.69, 9.17) is 62.1 Å². The van der Waals surface area contributed by atoms with Gasteiger partial charge >= 0.3 is 6.03 Å². The second-order valence-electron chi connectivity index (χ2n) is 31.0.